The van der Waals surface area contributed by atoms with Crippen LogP contribution >= 0.6 is 11.8 Å². The Morgan fingerprint density at radius 3 is 2.49 bits per heavy atom. The van der Waals surface area contributed by atoms with Crippen molar-refractivity contribution in [3.05, 3.63) is 106 Å². The topological polar surface area (TPSA) is 90.3 Å². The Hall–Kier alpha value is -3.75. The number of carbonyl (C=O) groups excluding carboxylic acids is 2. The minimum atomic E-state index is -0.235. The molecule has 1 N–H and O–H groups in total. The van der Waals surface area contributed by atoms with E-state index in [1.54, 1.807) is 34.9 Å². The van der Waals surface area contributed by atoms with E-state index in [2.05, 4.69) is 5.32 Å². The van der Waals surface area contributed by atoms with Gasteiger partial charge >= 0.3 is 0 Å². The van der Waals surface area contributed by atoms with Crippen molar-refractivity contribution in [3.63, 3.8) is 0 Å². The van der Waals surface area contributed by atoms with Crippen molar-refractivity contribution in [1.29, 1.82) is 0 Å². The Morgan fingerprint density at radius 1 is 1.00 bits per heavy atom. The van der Waals surface area contributed by atoms with Gasteiger partial charge in [-0.15, -0.1) is 0 Å². The fourth-order valence-electron chi connectivity index (χ4n) is 4.31. The van der Waals surface area contributed by atoms with Crippen LogP contribution in [-0.2, 0) is 11.3 Å². The summed E-state index contributed by atoms with van der Waals surface area (Å²) in [6.45, 7) is 1.50. The average Bonchev–Trinajstić information content (AvgIpc) is 3.47. The van der Waals surface area contributed by atoms with Gasteiger partial charge in [-0.1, -0.05) is 72.4 Å². The molecule has 1 saturated heterocycles. The van der Waals surface area contributed by atoms with E-state index >= 15 is 0 Å². The molecule has 3 aromatic carbocycles. The first-order chi connectivity index (χ1) is 18.1. The minimum Gasteiger partial charge on any atom is -0.376 e. The highest BCUT2D eigenvalue weighted by molar-refractivity contribution is 7.99. The van der Waals surface area contributed by atoms with Crippen LogP contribution in [0.5, 0.6) is 0 Å². The van der Waals surface area contributed by atoms with Crippen molar-refractivity contribution < 1.29 is 14.3 Å². The molecule has 1 amide bonds. The molecule has 37 heavy (non-hydrogen) atoms. The van der Waals surface area contributed by atoms with Crippen LogP contribution in [0.25, 0.3) is 10.9 Å². The Balaban J connectivity index is 1.45. The van der Waals surface area contributed by atoms with E-state index < -0.39 is 0 Å². The van der Waals surface area contributed by atoms with Crippen LogP contribution in [0.3, 0.4) is 0 Å². The summed E-state index contributed by atoms with van der Waals surface area (Å²) in [5, 5.41) is 3.77. The highest BCUT2D eigenvalue weighted by Crippen LogP contribution is 2.21. The van der Waals surface area contributed by atoms with E-state index in [-0.39, 0.29) is 29.1 Å². The lowest BCUT2D eigenvalue weighted by molar-refractivity contribution is 0.0857. The zero-order valence-corrected chi connectivity index (χ0v) is 21.1. The van der Waals surface area contributed by atoms with Gasteiger partial charge in [-0.05, 0) is 36.6 Å². The van der Waals surface area contributed by atoms with Gasteiger partial charge in [0, 0.05) is 24.3 Å². The molecule has 1 aliphatic heterocycles. The predicted molar refractivity (Wildman–Crippen MR) is 144 cm³/mol. The second-order valence-corrected chi connectivity index (χ2v) is 9.87. The van der Waals surface area contributed by atoms with Crippen LogP contribution in [-0.4, -0.2) is 46.2 Å². The van der Waals surface area contributed by atoms with E-state index in [1.165, 1.54) is 11.8 Å². The van der Waals surface area contributed by atoms with Crippen molar-refractivity contribution in [2.45, 2.75) is 30.6 Å². The molecule has 1 fully saturated rings. The Labute approximate surface area is 218 Å². The fourth-order valence-corrected chi connectivity index (χ4v) is 5.20. The lowest BCUT2D eigenvalue weighted by atomic mass is 10.1. The van der Waals surface area contributed by atoms with Gasteiger partial charge in [-0.2, -0.15) is 0 Å². The third kappa shape index (κ3) is 5.98. The van der Waals surface area contributed by atoms with Crippen molar-refractivity contribution in [1.82, 2.24) is 14.9 Å². The molecule has 0 bridgehead atoms. The minimum absolute atomic E-state index is 0.0397. The molecule has 1 unspecified atom stereocenters. The molecule has 0 aliphatic carbocycles. The summed E-state index contributed by atoms with van der Waals surface area (Å²) in [6.07, 6.45) is 1.98. The lowest BCUT2D eigenvalue weighted by Crippen LogP contribution is -2.31. The summed E-state index contributed by atoms with van der Waals surface area (Å²) >= 11 is 1.22. The number of benzene rings is 3. The van der Waals surface area contributed by atoms with Gasteiger partial charge in [-0.3, -0.25) is 19.0 Å². The first-order valence-electron chi connectivity index (χ1n) is 12.3. The monoisotopic (exact) mass is 513 g/mol. The SMILES string of the molecule is O=C(CSc1nc2cc(C(=O)NCC3CCCO3)ccc2c(=O)n1Cc1ccccc1)c1ccccc1. The number of amides is 1. The molecule has 0 saturated carbocycles. The number of Topliss-reactive ketones (excluding diaryl/α,β-unsaturated/α-hetero) is 1. The number of rotatable bonds is 9. The number of fused-ring (bicyclic) bond motifs is 1. The molecule has 7 nitrogen and oxygen atoms in total. The van der Waals surface area contributed by atoms with Crippen LogP contribution in [0.15, 0.2) is 88.8 Å². The third-order valence-electron chi connectivity index (χ3n) is 6.31. The Kier molecular flexibility index (Phi) is 7.77. The molecule has 1 aliphatic rings. The number of hydrogen-bond acceptors (Lipinski definition) is 6. The highest BCUT2D eigenvalue weighted by atomic mass is 32.2. The maximum absolute atomic E-state index is 13.6. The zero-order chi connectivity index (χ0) is 25.6. The van der Waals surface area contributed by atoms with Gasteiger partial charge in [0.25, 0.3) is 11.5 Å². The standard InChI is InChI=1S/C29H27N3O4S/c33-26(21-10-5-2-6-11-21)19-37-29-31-25-16-22(27(34)30-17-23-12-7-15-36-23)13-14-24(25)28(35)32(29)18-20-8-3-1-4-9-20/h1-6,8-11,13-14,16,23H,7,12,15,17-19H2,(H,30,34). The van der Waals surface area contributed by atoms with Crippen molar-refractivity contribution in [2.24, 2.45) is 0 Å². The van der Waals surface area contributed by atoms with Crippen LogP contribution in [0.4, 0.5) is 0 Å². The third-order valence-corrected chi connectivity index (χ3v) is 7.28. The van der Waals surface area contributed by atoms with Crippen LogP contribution < -0.4 is 10.9 Å². The summed E-state index contributed by atoms with van der Waals surface area (Å²) < 4.78 is 7.17. The first kappa shape index (κ1) is 24.9. The smallest absolute Gasteiger partial charge is 0.262 e. The predicted octanol–water partition coefficient (Wildman–Crippen LogP) is 4.33. The number of carbonyl (C=O) groups is 2. The lowest BCUT2D eigenvalue weighted by Gasteiger charge is -2.14. The summed E-state index contributed by atoms with van der Waals surface area (Å²) in [6, 6.07) is 23.6. The van der Waals surface area contributed by atoms with Crippen LogP contribution in [0.1, 0.15) is 39.1 Å². The number of ether oxygens (including phenoxy) is 1. The van der Waals surface area contributed by atoms with E-state index in [4.69, 9.17) is 9.72 Å². The normalized spacial score (nSPS) is 15.1. The fraction of sp³-hybridized carbons (Fsp3) is 0.241. The van der Waals surface area contributed by atoms with Gasteiger partial charge in [0.1, 0.15) is 0 Å². The molecule has 1 aromatic heterocycles. The molecule has 2 heterocycles. The van der Waals surface area contributed by atoms with Gasteiger partial charge in [0.05, 0.1) is 29.3 Å². The van der Waals surface area contributed by atoms with E-state index in [0.717, 1.165) is 25.0 Å². The number of nitrogens with zero attached hydrogens (tertiary/aromatic N) is 2. The second kappa shape index (κ2) is 11.5. The molecule has 1 atom stereocenters. The maximum atomic E-state index is 13.6. The second-order valence-electron chi connectivity index (χ2n) is 8.93. The first-order valence-corrected chi connectivity index (χ1v) is 13.3. The van der Waals surface area contributed by atoms with Crippen molar-refractivity contribution >= 4 is 34.4 Å². The molecule has 188 valence electrons. The van der Waals surface area contributed by atoms with Crippen molar-refractivity contribution in [2.75, 3.05) is 18.9 Å². The number of nitrogens with one attached hydrogen (secondary N) is 1. The number of hydrogen-bond donors (Lipinski definition) is 1. The summed E-state index contributed by atoms with van der Waals surface area (Å²) in [5.74, 6) is -0.146. The molecule has 0 spiro atoms. The number of thioether (sulfide) groups is 1. The Bertz CT molecular complexity index is 1470. The molecule has 8 heteroatoms. The zero-order valence-electron chi connectivity index (χ0n) is 20.3. The van der Waals surface area contributed by atoms with E-state index in [1.807, 2.05) is 48.5 Å². The number of ketones is 1. The van der Waals surface area contributed by atoms with Gasteiger partial charge in [-0.25, -0.2) is 4.98 Å². The van der Waals surface area contributed by atoms with Crippen molar-refractivity contribution in [3.8, 4) is 0 Å². The Morgan fingerprint density at radius 2 is 1.76 bits per heavy atom. The van der Waals surface area contributed by atoms with Gasteiger partial charge in [0.2, 0.25) is 0 Å². The quantitative estimate of drug-likeness (QED) is 0.204. The van der Waals surface area contributed by atoms with Gasteiger partial charge < -0.3 is 10.1 Å². The van der Waals surface area contributed by atoms with Crippen LogP contribution in [0, 0.1) is 0 Å². The highest BCUT2D eigenvalue weighted by Gasteiger charge is 2.19. The summed E-state index contributed by atoms with van der Waals surface area (Å²) in [5.41, 5.74) is 2.20. The molecule has 0 radical (unpaired) electrons. The summed E-state index contributed by atoms with van der Waals surface area (Å²) in [4.78, 5) is 43.8. The average molecular weight is 514 g/mol. The van der Waals surface area contributed by atoms with E-state index in [9.17, 15) is 14.4 Å². The largest absolute Gasteiger partial charge is 0.376 e. The molecule has 5 rings (SSSR count). The van der Waals surface area contributed by atoms with E-state index in [0.29, 0.717) is 40.3 Å². The molecular formula is C29H27N3O4S. The number of aromatic nitrogens is 2. The molecule has 4 aromatic rings. The maximum Gasteiger partial charge on any atom is 0.262 e. The summed E-state index contributed by atoms with van der Waals surface area (Å²) in [7, 11) is 0. The van der Waals surface area contributed by atoms with Gasteiger partial charge in [0.15, 0.2) is 10.9 Å². The molecular weight excluding hydrogens is 486 g/mol. The van der Waals surface area contributed by atoms with Crippen LogP contribution in [0.2, 0.25) is 0 Å².